The largest absolute Gasteiger partial charge is 0.548 e. The van der Waals surface area contributed by atoms with Gasteiger partial charge in [0.15, 0.2) is 0 Å². The lowest BCUT2D eigenvalue weighted by Gasteiger charge is -2.34. The van der Waals surface area contributed by atoms with Crippen molar-refractivity contribution in [2.75, 3.05) is 33.5 Å². The molecule has 1 aromatic carbocycles. The lowest BCUT2D eigenvalue weighted by atomic mass is 10.0. The smallest absolute Gasteiger partial charge is 0.410 e. The number of carbonyl (C=O) groups excluding carboxylic acids is 2. The normalized spacial score (nSPS) is 12.5. The minimum atomic E-state index is -1.34. The summed E-state index contributed by atoms with van der Waals surface area (Å²) in [7, 11) is 1.56. The molecule has 1 aromatic rings. The Bertz CT molecular complexity index is 555. The average molecular weight is 366 g/mol. The third-order valence-corrected chi connectivity index (χ3v) is 3.46. The van der Waals surface area contributed by atoms with Crippen LogP contribution >= 0.6 is 0 Å². The van der Waals surface area contributed by atoms with E-state index in [1.807, 2.05) is 18.2 Å². The first-order valence-corrected chi connectivity index (χ1v) is 8.55. The molecule has 7 heteroatoms. The highest BCUT2D eigenvalue weighted by atomic mass is 16.6. The zero-order chi connectivity index (χ0) is 19.6. The maximum absolute atomic E-state index is 12.5. The van der Waals surface area contributed by atoms with Crippen molar-refractivity contribution < 1.29 is 28.9 Å². The first-order chi connectivity index (χ1) is 12.2. The molecule has 0 aliphatic carbocycles. The molecule has 1 unspecified atom stereocenters. The van der Waals surface area contributed by atoms with E-state index in [2.05, 4.69) is 0 Å². The van der Waals surface area contributed by atoms with Gasteiger partial charge < -0.3 is 24.1 Å². The minimum Gasteiger partial charge on any atom is -0.548 e. The van der Waals surface area contributed by atoms with Gasteiger partial charge in [0.25, 0.3) is 0 Å². The van der Waals surface area contributed by atoms with E-state index in [1.165, 1.54) is 0 Å². The van der Waals surface area contributed by atoms with Crippen LogP contribution in [0.1, 0.15) is 26.3 Å². The molecule has 0 heterocycles. The second-order valence-electron chi connectivity index (χ2n) is 6.80. The van der Waals surface area contributed by atoms with Crippen molar-refractivity contribution in [1.29, 1.82) is 0 Å². The molecule has 0 aliphatic heterocycles. The van der Waals surface area contributed by atoms with Crippen LogP contribution in [0.4, 0.5) is 4.79 Å². The number of benzene rings is 1. The maximum Gasteiger partial charge on any atom is 0.410 e. The van der Waals surface area contributed by atoms with E-state index in [9.17, 15) is 14.7 Å². The second-order valence-corrected chi connectivity index (χ2v) is 6.80. The third-order valence-electron chi connectivity index (χ3n) is 3.46. The molecule has 0 spiro atoms. The van der Waals surface area contributed by atoms with Crippen LogP contribution in [0.5, 0.6) is 0 Å². The van der Waals surface area contributed by atoms with Crippen molar-refractivity contribution in [2.45, 2.75) is 38.8 Å². The first-order valence-electron chi connectivity index (χ1n) is 8.55. The quantitative estimate of drug-likeness (QED) is 0.579. The van der Waals surface area contributed by atoms with Crippen LogP contribution in [-0.2, 0) is 25.4 Å². The molecule has 0 bridgehead atoms. The monoisotopic (exact) mass is 366 g/mol. The molecule has 1 rings (SSSR count). The molecule has 0 fully saturated rings. The van der Waals surface area contributed by atoms with Crippen LogP contribution < -0.4 is 5.11 Å². The number of carbonyl (C=O) groups is 2. The molecule has 0 aliphatic rings. The van der Waals surface area contributed by atoms with Gasteiger partial charge >= 0.3 is 6.09 Å². The van der Waals surface area contributed by atoms with Gasteiger partial charge in [0.1, 0.15) is 5.60 Å². The summed E-state index contributed by atoms with van der Waals surface area (Å²) in [5, 5.41) is 11.7. The average Bonchev–Trinajstić information content (AvgIpc) is 2.55. The zero-order valence-corrected chi connectivity index (χ0v) is 15.9. The molecular weight excluding hydrogens is 338 g/mol. The Morgan fingerprint density at radius 3 is 2.31 bits per heavy atom. The highest BCUT2D eigenvalue weighted by Crippen LogP contribution is 2.15. The molecule has 0 aromatic heterocycles. The lowest BCUT2D eigenvalue weighted by Crippen LogP contribution is -2.54. The summed E-state index contributed by atoms with van der Waals surface area (Å²) < 4.78 is 15.6. The first kappa shape index (κ1) is 21.9. The number of amides is 1. The van der Waals surface area contributed by atoms with Gasteiger partial charge in [0.2, 0.25) is 0 Å². The van der Waals surface area contributed by atoms with Gasteiger partial charge in [-0.2, -0.15) is 0 Å². The number of aliphatic carboxylic acids is 1. The summed E-state index contributed by atoms with van der Waals surface area (Å²) in [6.45, 7) is 6.19. The van der Waals surface area contributed by atoms with Crippen molar-refractivity contribution in [3.8, 4) is 0 Å². The third kappa shape index (κ3) is 8.31. The number of rotatable bonds is 10. The molecule has 0 N–H and O–H groups in total. The van der Waals surface area contributed by atoms with E-state index in [1.54, 1.807) is 40.0 Å². The van der Waals surface area contributed by atoms with Gasteiger partial charge in [0.05, 0.1) is 31.8 Å². The van der Waals surface area contributed by atoms with Gasteiger partial charge in [-0.05, 0) is 32.8 Å². The molecular formula is C19H28NO6-. The fourth-order valence-corrected chi connectivity index (χ4v) is 2.26. The van der Waals surface area contributed by atoms with Gasteiger partial charge in [-0.15, -0.1) is 0 Å². The van der Waals surface area contributed by atoms with Crippen LogP contribution in [0, 0.1) is 0 Å². The van der Waals surface area contributed by atoms with E-state index in [4.69, 9.17) is 14.2 Å². The Morgan fingerprint density at radius 2 is 1.77 bits per heavy atom. The minimum absolute atomic E-state index is 0.0735. The number of nitrogens with zero attached hydrogens (tertiary/aromatic N) is 1. The van der Waals surface area contributed by atoms with E-state index < -0.39 is 23.7 Å². The fourth-order valence-electron chi connectivity index (χ4n) is 2.26. The fraction of sp³-hybridized carbons (Fsp3) is 0.579. The predicted molar refractivity (Wildman–Crippen MR) is 94.6 cm³/mol. The number of hydrogen-bond donors (Lipinski definition) is 0. The number of hydrogen-bond acceptors (Lipinski definition) is 6. The predicted octanol–water partition coefficient (Wildman–Crippen LogP) is 1.25. The van der Waals surface area contributed by atoms with Crippen LogP contribution in [0.25, 0.3) is 0 Å². The van der Waals surface area contributed by atoms with Gasteiger partial charge in [-0.1, -0.05) is 30.3 Å². The van der Waals surface area contributed by atoms with Gasteiger partial charge in [0, 0.05) is 13.7 Å². The topological polar surface area (TPSA) is 88.1 Å². The van der Waals surface area contributed by atoms with Gasteiger partial charge in [-0.3, -0.25) is 4.90 Å². The molecule has 0 radical (unpaired) electrons. The van der Waals surface area contributed by atoms with Crippen molar-refractivity contribution in [2.24, 2.45) is 0 Å². The summed E-state index contributed by atoms with van der Waals surface area (Å²) in [6.07, 6.45) is -0.585. The molecule has 7 nitrogen and oxygen atoms in total. The molecule has 1 atom stereocenters. The van der Waals surface area contributed by atoms with E-state index in [0.717, 1.165) is 10.5 Å². The summed E-state index contributed by atoms with van der Waals surface area (Å²) in [5.41, 5.74) is 0.0470. The number of carboxylic acids is 1. The summed E-state index contributed by atoms with van der Waals surface area (Å²) in [6, 6.07) is 7.92. The lowest BCUT2D eigenvalue weighted by molar-refractivity contribution is -0.311. The Morgan fingerprint density at radius 1 is 1.12 bits per heavy atom. The molecule has 0 saturated heterocycles. The van der Waals surface area contributed by atoms with Crippen LogP contribution in [0.2, 0.25) is 0 Å². The van der Waals surface area contributed by atoms with E-state index >= 15 is 0 Å². The Kier molecular flexibility index (Phi) is 9.09. The van der Waals surface area contributed by atoms with E-state index in [-0.39, 0.29) is 19.6 Å². The van der Waals surface area contributed by atoms with E-state index in [0.29, 0.717) is 13.2 Å². The second kappa shape index (κ2) is 10.8. The summed E-state index contributed by atoms with van der Waals surface area (Å²) >= 11 is 0. The molecule has 26 heavy (non-hydrogen) atoms. The van der Waals surface area contributed by atoms with Crippen molar-refractivity contribution in [3.63, 3.8) is 0 Å². The Balaban J connectivity index is 2.89. The number of ether oxygens (including phenoxy) is 3. The summed E-state index contributed by atoms with van der Waals surface area (Å²) in [4.78, 5) is 25.4. The van der Waals surface area contributed by atoms with Crippen LogP contribution in [-0.4, -0.2) is 62.1 Å². The number of carboxylic acid groups (broad SMARTS) is 1. The van der Waals surface area contributed by atoms with Crippen LogP contribution in [0.3, 0.4) is 0 Å². The standard InChI is InChI=1S/C19H29NO6/c1-19(2,3)26-18(23)20(10-11-25-13-12-24-4)16(17(21)22)14-15-8-6-5-7-9-15/h5-9,16H,10-14H2,1-4H3,(H,21,22)/p-1. The Labute approximate surface area is 154 Å². The zero-order valence-electron chi connectivity index (χ0n) is 15.9. The summed E-state index contributed by atoms with van der Waals surface area (Å²) in [5.74, 6) is -1.34. The van der Waals surface area contributed by atoms with Crippen molar-refractivity contribution >= 4 is 12.1 Å². The molecule has 1 amide bonds. The van der Waals surface area contributed by atoms with Gasteiger partial charge in [-0.25, -0.2) is 4.79 Å². The molecule has 146 valence electrons. The maximum atomic E-state index is 12.5. The van der Waals surface area contributed by atoms with Crippen molar-refractivity contribution in [1.82, 2.24) is 4.90 Å². The highest BCUT2D eigenvalue weighted by Gasteiger charge is 2.29. The Hall–Kier alpha value is -2.12. The molecule has 0 saturated carbocycles. The van der Waals surface area contributed by atoms with Crippen LogP contribution in [0.15, 0.2) is 30.3 Å². The SMILES string of the molecule is COCCOCCN(C(=O)OC(C)(C)C)C(Cc1ccccc1)C(=O)[O-]. The highest BCUT2D eigenvalue weighted by molar-refractivity contribution is 5.79. The van der Waals surface area contributed by atoms with Crippen molar-refractivity contribution in [3.05, 3.63) is 35.9 Å². The number of methoxy groups -OCH3 is 1.